The summed E-state index contributed by atoms with van der Waals surface area (Å²) in [6.07, 6.45) is 8.63. The van der Waals surface area contributed by atoms with Crippen LogP contribution in [0.2, 0.25) is 0 Å². The number of pyridine rings is 2. The van der Waals surface area contributed by atoms with Gasteiger partial charge in [-0.25, -0.2) is 0 Å². The quantitative estimate of drug-likeness (QED) is 0.342. The van der Waals surface area contributed by atoms with Crippen molar-refractivity contribution in [2.45, 2.75) is 6.17 Å². The first-order chi connectivity index (χ1) is 12.1. The molecule has 0 saturated heterocycles. The van der Waals surface area contributed by atoms with Gasteiger partial charge in [-0.3, -0.25) is 0 Å². The molecule has 0 saturated carbocycles. The number of halogens is 2. The topological polar surface area (TPSA) is 14.2 Å². The summed E-state index contributed by atoms with van der Waals surface area (Å²) in [7, 11) is 8.23. The predicted octanol–water partition coefficient (Wildman–Crippen LogP) is -3.50. The van der Waals surface area contributed by atoms with Crippen LogP contribution in [-0.2, 0) is 0 Å². The molecule has 0 fully saturated rings. The van der Waals surface area contributed by atoms with Crippen molar-refractivity contribution in [3.63, 3.8) is 0 Å². The van der Waals surface area contributed by atoms with Gasteiger partial charge in [0.1, 0.15) is 0 Å². The van der Waals surface area contributed by atoms with E-state index in [1.165, 1.54) is 16.9 Å². The Morgan fingerprint density at radius 2 is 0.963 bits per heavy atom. The van der Waals surface area contributed by atoms with Gasteiger partial charge in [0.2, 0.25) is 0 Å². The van der Waals surface area contributed by atoms with Gasteiger partial charge in [0, 0.05) is 63.8 Å². The number of hydrogen-bond acceptors (Lipinski definition) is 2. The van der Waals surface area contributed by atoms with Crippen molar-refractivity contribution in [2.24, 2.45) is 0 Å². The number of rotatable bonds is 5. The lowest BCUT2D eigenvalue weighted by molar-refractivity contribution is -0.934. The van der Waals surface area contributed by atoms with E-state index < -0.39 is 0 Å². The summed E-state index contributed by atoms with van der Waals surface area (Å²) in [4.78, 5) is 4.22. The highest BCUT2D eigenvalue weighted by Gasteiger charge is 2.29. The molecule has 0 amide bonds. The highest BCUT2D eigenvalue weighted by atomic mass is 79.9. The maximum atomic E-state index is 2.23. The molecule has 2 heterocycles. The molecule has 0 bridgehead atoms. The minimum atomic E-state index is 0. The Labute approximate surface area is 183 Å². The Morgan fingerprint density at radius 3 is 1.30 bits per heavy atom. The number of aromatic nitrogens is 2. The Hall–Kier alpha value is -1.92. The maximum absolute atomic E-state index is 2.23. The van der Waals surface area contributed by atoms with Crippen LogP contribution in [0.3, 0.4) is 0 Å². The molecular weight excluding hydrogens is 468 g/mol. The second kappa shape index (κ2) is 10.4. The van der Waals surface area contributed by atoms with Crippen LogP contribution in [0.15, 0.2) is 79.4 Å². The molecule has 3 aromatic rings. The van der Waals surface area contributed by atoms with Gasteiger partial charge < -0.3 is 43.8 Å². The second-order valence-electron chi connectivity index (χ2n) is 6.58. The third-order valence-electron chi connectivity index (χ3n) is 4.37. The van der Waals surface area contributed by atoms with Gasteiger partial charge in [-0.1, -0.05) is 18.2 Å². The third kappa shape index (κ3) is 5.53. The van der Waals surface area contributed by atoms with Crippen LogP contribution in [0.5, 0.6) is 0 Å². The van der Waals surface area contributed by atoms with Crippen molar-refractivity contribution < 1.29 is 43.1 Å². The summed E-state index contributed by atoms with van der Waals surface area (Å²) < 4.78 is 4.47. The summed E-state index contributed by atoms with van der Waals surface area (Å²) in [5, 5.41) is 0. The molecule has 0 radical (unpaired) electrons. The van der Waals surface area contributed by atoms with Crippen LogP contribution < -0.4 is 52.9 Å². The van der Waals surface area contributed by atoms with E-state index in [0.717, 1.165) is 0 Å². The second-order valence-corrected chi connectivity index (χ2v) is 6.58. The number of anilines is 2. The third-order valence-corrected chi connectivity index (χ3v) is 4.37. The monoisotopic (exact) mass is 492 g/mol. The lowest BCUT2D eigenvalue weighted by Crippen LogP contribution is -3.00. The maximum Gasteiger partial charge on any atom is 0.379 e. The van der Waals surface area contributed by atoms with E-state index in [4.69, 9.17) is 0 Å². The number of nitrogens with zero attached hydrogens (tertiary/aromatic N) is 4. The molecular formula is C21H26Br2N4. The molecule has 0 unspecified atom stereocenters. The molecule has 4 nitrogen and oxygen atoms in total. The smallest absolute Gasteiger partial charge is 0.379 e. The summed E-state index contributed by atoms with van der Waals surface area (Å²) in [5.74, 6) is 0. The Balaban J connectivity index is 0.00000182. The van der Waals surface area contributed by atoms with Crippen molar-refractivity contribution in [3.05, 3.63) is 84.9 Å². The average Bonchev–Trinajstić information content (AvgIpc) is 2.64. The first-order valence-corrected chi connectivity index (χ1v) is 8.47. The zero-order chi connectivity index (χ0) is 17.8. The SMILES string of the molecule is CN(C)c1cc[n+](C(c2ccccc2)[n+]2ccc(N(C)C)cc2)cc1.[Br-].[Br-]. The van der Waals surface area contributed by atoms with Crippen molar-refractivity contribution in [1.29, 1.82) is 0 Å². The van der Waals surface area contributed by atoms with Crippen LogP contribution in [0.25, 0.3) is 0 Å². The summed E-state index contributed by atoms with van der Waals surface area (Å²) in [6, 6.07) is 19.2. The van der Waals surface area contributed by atoms with Crippen LogP contribution in [0.1, 0.15) is 11.7 Å². The average molecular weight is 494 g/mol. The van der Waals surface area contributed by atoms with E-state index >= 15 is 0 Å². The first-order valence-electron chi connectivity index (χ1n) is 8.47. The fraction of sp³-hybridized carbons (Fsp3) is 0.238. The largest absolute Gasteiger partial charge is 1.00 e. The van der Waals surface area contributed by atoms with Gasteiger partial charge in [-0.15, -0.1) is 9.13 Å². The lowest BCUT2D eigenvalue weighted by atomic mass is 10.1. The van der Waals surface area contributed by atoms with Gasteiger partial charge in [0.15, 0.2) is 24.8 Å². The summed E-state index contributed by atoms with van der Waals surface area (Å²) >= 11 is 0. The fourth-order valence-electron chi connectivity index (χ4n) is 2.91. The van der Waals surface area contributed by atoms with E-state index in [2.05, 4.69) is 127 Å². The van der Waals surface area contributed by atoms with Crippen molar-refractivity contribution in [2.75, 3.05) is 38.0 Å². The molecule has 0 aliphatic carbocycles. The molecule has 1 aromatic carbocycles. The van der Waals surface area contributed by atoms with E-state index in [0.29, 0.717) is 0 Å². The van der Waals surface area contributed by atoms with Crippen LogP contribution >= 0.6 is 0 Å². The number of benzene rings is 1. The normalized spacial score (nSPS) is 9.96. The molecule has 3 rings (SSSR count). The van der Waals surface area contributed by atoms with Crippen molar-refractivity contribution in [3.8, 4) is 0 Å². The van der Waals surface area contributed by atoms with E-state index in [1.54, 1.807) is 0 Å². The van der Waals surface area contributed by atoms with Crippen molar-refractivity contribution in [1.82, 2.24) is 0 Å². The molecule has 144 valence electrons. The van der Waals surface area contributed by atoms with E-state index in [-0.39, 0.29) is 40.1 Å². The van der Waals surface area contributed by atoms with Gasteiger partial charge in [-0.2, -0.15) is 0 Å². The van der Waals surface area contributed by atoms with Gasteiger partial charge in [0.25, 0.3) is 0 Å². The Kier molecular flexibility index (Phi) is 8.93. The van der Waals surface area contributed by atoms with Crippen molar-refractivity contribution >= 4 is 11.4 Å². The first kappa shape index (κ1) is 23.1. The molecule has 0 aliphatic rings. The minimum absolute atomic E-state index is 0. The van der Waals surface area contributed by atoms with Gasteiger partial charge in [0.05, 0.1) is 5.56 Å². The van der Waals surface area contributed by atoms with Gasteiger partial charge >= 0.3 is 6.17 Å². The molecule has 27 heavy (non-hydrogen) atoms. The fourth-order valence-corrected chi connectivity index (χ4v) is 2.91. The Morgan fingerprint density at radius 1 is 0.593 bits per heavy atom. The summed E-state index contributed by atoms with van der Waals surface area (Å²) in [5.41, 5.74) is 3.62. The molecule has 2 aromatic heterocycles. The van der Waals surface area contributed by atoms with Crippen LogP contribution in [0, 0.1) is 0 Å². The molecule has 6 heteroatoms. The molecule has 0 atom stereocenters. The highest BCUT2D eigenvalue weighted by molar-refractivity contribution is 5.42. The highest BCUT2D eigenvalue weighted by Crippen LogP contribution is 2.13. The summed E-state index contributed by atoms with van der Waals surface area (Å²) in [6.45, 7) is 0. The number of hydrogen-bond donors (Lipinski definition) is 0. The van der Waals surface area contributed by atoms with Gasteiger partial charge in [-0.05, 0) is 12.1 Å². The lowest BCUT2D eigenvalue weighted by Gasteiger charge is -2.14. The standard InChI is InChI=1S/C21H26N4.2BrH/c1-22(2)19-10-14-24(15-11-19)21(18-8-6-5-7-9-18)25-16-12-20(13-17-25)23(3)4;;/h5-17,21H,1-4H3;2*1H/q+2;;/p-2. The molecule has 0 spiro atoms. The molecule has 0 aliphatic heterocycles. The van der Waals surface area contributed by atoms with E-state index in [9.17, 15) is 0 Å². The molecule has 0 N–H and O–H groups in total. The van der Waals surface area contributed by atoms with E-state index in [1.807, 2.05) is 0 Å². The van der Waals surface area contributed by atoms with Crippen LogP contribution in [-0.4, -0.2) is 28.2 Å². The Bertz CT molecular complexity index is 752. The predicted molar refractivity (Wildman–Crippen MR) is 102 cm³/mol. The zero-order valence-corrected chi connectivity index (χ0v) is 19.3. The van der Waals surface area contributed by atoms with Crippen LogP contribution in [0.4, 0.5) is 11.4 Å². The minimum Gasteiger partial charge on any atom is -1.00 e. The zero-order valence-electron chi connectivity index (χ0n) is 16.1.